The molecule has 0 atom stereocenters. The first-order chi connectivity index (χ1) is 8.19. The Kier molecular flexibility index (Phi) is 3.50. The van der Waals surface area contributed by atoms with Crippen LogP contribution in [0.4, 0.5) is 0 Å². The monoisotopic (exact) mass is 232 g/mol. The summed E-state index contributed by atoms with van der Waals surface area (Å²) in [4.78, 5) is 0. The van der Waals surface area contributed by atoms with Gasteiger partial charge in [0.2, 0.25) is 0 Å². The van der Waals surface area contributed by atoms with E-state index in [-0.39, 0.29) is 0 Å². The van der Waals surface area contributed by atoms with E-state index in [0.717, 1.165) is 13.2 Å². The Bertz CT molecular complexity index is 528. The number of aromatic nitrogens is 1. The second-order valence-electron chi connectivity index (χ2n) is 4.41. The van der Waals surface area contributed by atoms with E-state index in [1.807, 2.05) is 0 Å². The number of ether oxygens (including phenoxy) is 1. The Morgan fingerprint density at radius 3 is 2.71 bits per heavy atom. The minimum atomic E-state index is 0.595. The number of aryl methyl sites for hydroxylation is 1. The summed E-state index contributed by atoms with van der Waals surface area (Å²) in [5, 5.41) is 1.31. The third-order valence-electron chi connectivity index (χ3n) is 3.46. The van der Waals surface area contributed by atoms with Crippen LogP contribution in [0.15, 0.2) is 18.2 Å². The zero-order valence-electron chi connectivity index (χ0n) is 10.8. The molecule has 2 rings (SSSR count). The molecular formula is C14H20N2O. The molecule has 0 aliphatic rings. The van der Waals surface area contributed by atoms with Gasteiger partial charge in [-0.2, -0.15) is 0 Å². The van der Waals surface area contributed by atoms with Crippen LogP contribution in [0.5, 0.6) is 0 Å². The van der Waals surface area contributed by atoms with E-state index in [1.165, 1.54) is 27.7 Å². The number of methoxy groups -OCH3 is 1. The molecule has 3 nitrogen and oxygen atoms in total. The van der Waals surface area contributed by atoms with Crippen LogP contribution in [0.1, 0.15) is 16.8 Å². The molecule has 0 saturated carbocycles. The maximum atomic E-state index is 5.69. The molecule has 0 saturated heterocycles. The van der Waals surface area contributed by atoms with E-state index in [1.54, 1.807) is 7.11 Å². The van der Waals surface area contributed by atoms with Gasteiger partial charge in [-0.05, 0) is 37.1 Å². The molecule has 0 aliphatic carbocycles. The predicted molar refractivity (Wildman–Crippen MR) is 71.2 cm³/mol. The Morgan fingerprint density at radius 2 is 2.06 bits per heavy atom. The number of nitrogens with zero attached hydrogens (tertiary/aromatic N) is 1. The Hall–Kier alpha value is -1.32. The lowest BCUT2D eigenvalue weighted by Gasteiger charge is -2.07. The van der Waals surface area contributed by atoms with Crippen molar-refractivity contribution in [3.8, 4) is 0 Å². The highest BCUT2D eigenvalue weighted by molar-refractivity contribution is 5.86. The summed E-state index contributed by atoms with van der Waals surface area (Å²) in [6, 6.07) is 6.46. The molecule has 1 heterocycles. The lowest BCUT2D eigenvalue weighted by molar-refractivity contribution is 0.188. The van der Waals surface area contributed by atoms with Gasteiger partial charge in [0.1, 0.15) is 0 Å². The van der Waals surface area contributed by atoms with Gasteiger partial charge in [-0.15, -0.1) is 0 Å². The maximum Gasteiger partial charge on any atom is 0.0642 e. The van der Waals surface area contributed by atoms with Crippen molar-refractivity contribution >= 4 is 10.9 Å². The van der Waals surface area contributed by atoms with Crippen LogP contribution in [0.2, 0.25) is 0 Å². The van der Waals surface area contributed by atoms with Gasteiger partial charge in [0.25, 0.3) is 0 Å². The van der Waals surface area contributed by atoms with Crippen molar-refractivity contribution in [3.63, 3.8) is 0 Å². The average Bonchev–Trinajstić information content (AvgIpc) is 2.60. The molecular weight excluding hydrogens is 212 g/mol. The topological polar surface area (TPSA) is 40.2 Å². The Morgan fingerprint density at radius 1 is 1.29 bits per heavy atom. The summed E-state index contributed by atoms with van der Waals surface area (Å²) in [5.41, 5.74) is 10.8. The number of nitrogens with two attached hydrogens (primary N) is 1. The van der Waals surface area contributed by atoms with E-state index in [4.69, 9.17) is 10.5 Å². The van der Waals surface area contributed by atoms with E-state index in [2.05, 4.69) is 36.6 Å². The summed E-state index contributed by atoms with van der Waals surface area (Å²) in [6.07, 6.45) is 0. The molecule has 3 heteroatoms. The third kappa shape index (κ3) is 2.08. The fourth-order valence-corrected chi connectivity index (χ4v) is 2.29. The lowest BCUT2D eigenvalue weighted by atomic mass is 10.1. The van der Waals surface area contributed by atoms with Crippen LogP contribution >= 0.6 is 0 Å². The van der Waals surface area contributed by atoms with Crippen molar-refractivity contribution in [2.75, 3.05) is 13.7 Å². The molecule has 1 aromatic heterocycles. The number of hydrogen-bond donors (Lipinski definition) is 1. The highest BCUT2D eigenvalue weighted by Crippen LogP contribution is 2.26. The molecule has 0 bridgehead atoms. The molecule has 92 valence electrons. The standard InChI is InChI=1S/C14H20N2O/c1-10-11(2)16(6-7-17-3)14-5-4-12(9-15)8-13(10)14/h4-5,8H,6-7,9,15H2,1-3H3. The van der Waals surface area contributed by atoms with Crippen LogP contribution in [0.25, 0.3) is 10.9 Å². The molecule has 0 amide bonds. The first kappa shape index (κ1) is 12.1. The van der Waals surface area contributed by atoms with Gasteiger partial charge < -0.3 is 15.0 Å². The van der Waals surface area contributed by atoms with Crippen LogP contribution in [-0.4, -0.2) is 18.3 Å². The molecule has 0 radical (unpaired) electrons. The van der Waals surface area contributed by atoms with Crippen LogP contribution in [-0.2, 0) is 17.8 Å². The highest BCUT2D eigenvalue weighted by Gasteiger charge is 2.10. The van der Waals surface area contributed by atoms with Gasteiger partial charge in [0.05, 0.1) is 6.61 Å². The Balaban J connectivity index is 2.56. The summed E-state index contributed by atoms with van der Waals surface area (Å²) >= 11 is 0. The second kappa shape index (κ2) is 4.90. The summed E-state index contributed by atoms with van der Waals surface area (Å²) in [5.74, 6) is 0. The molecule has 0 fully saturated rings. The highest BCUT2D eigenvalue weighted by atomic mass is 16.5. The molecule has 1 aromatic carbocycles. The summed E-state index contributed by atoms with van der Waals surface area (Å²) in [7, 11) is 1.74. The zero-order valence-corrected chi connectivity index (χ0v) is 10.8. The van der Waals surface area contributed by atoms with Crippen molar-refractivity contribution in [2.24, 2.45) is 5.73 Å². The van der Waals surface area contributed by atoms with Crippen molar-refractivity contribution in [3.05, 3.63) is 35.0 Å². The van der Waals surface area contributed by atoms with E-state index < -0.39 is 0 Å². The molecule has 17 heavy (non-hydrogen) atoms. The first-order valence-corrected chi connectivity index (χ1v) is 5.96. The van der Waals surface area contributed by atoms with Crippen molar-refractivity contribution in [2.45, 2.75) is 26.9 Å². The fraction of sp³-hybridized carbons (Fsp3) is 0.429. The Labute approximate surface area is 102 Å². The SMILES string of the molecule is COCCn1c(C)c(C)c2cc(CN)ccc21. The molecule has 0 spiro atoms. The van der Waals surface area contributed by atoms with Crippen LogP contribution < -0.4 is 5.73 Å². The number of fused-ring (bicyclic) bond motifs is 1. The minimum absolute atomic E-state index is 0.595. The second-order valence-corrected chi connectivity index (χ2v) is 4.41. The molecule has 0 unspecified atom stereocenters. The third-order valence-corrected chi connectivity index (χ3v) is 3.46. The van der Waals surface area contributed by atoms with Gasteiger partial charge in [0, 0.05) is 36.8 Å². The smallest absolute Gasteiger partial charge is 0.0642 e. The molecule has 2 N–H and O–H groups in total. The van der Waals surface area contributed by atoms with E-state index >= 15 is 0 Å². The zero-order chi connectivity index (χ0) is 12.4. The van der Waals surface area contributed by atoms with E-state index in [0.29, 0.717) is 6.54 Å². The number of hydrogen-bond acceptors (Lipinski definition) is 2. The van der Waals surface area contributed by atoms with Crippen molar-refractivity contribution < 1.29 is 4.74 Å². The van der Waals surface area contributed by atoms with Crippen molar-refractivity contribution in [1.29, 1.82) is 0 Å². The molecule has 0 aliphatic heterocycles. The van der Waals surface area contributed by atoms with Crippen molar-refractivity contribution in [1.82, 2.24) is 4.57 Å². The lowest BCUT2D eigenvalue weighted by Crippen LogP contribution is -2.05. The normalized spacial score (nSPS) is 11.3. The number of rotatable bonds is 4. The molecule has 2 aromatic rings. The van der Waals surface area contributed by atoms with Gasteiger partial charge in [-0.3, -0.25) is 0 Å². The van der Waals surface area contributed by atoms with Crippen LogP contribution in [0.3, 0.4) is 0 Å². The number of benzene rings is 1. The van der Waals surface area contributed by atoms with E-state index in [9.17, 15) is 0 Å². The largest absolute Gasteiger partial charge is 0.383 e. The van der Waals surface area contributed by atoms with Gasteiger partial charge in [0.15, 0.2) is 0 Å². The van der Waals surface area contributed by atoms with Gasteiger partial charge >= 0.3 is 0 Å². The quantitative estimate of drug-likeness (QED) is 0.879. The van der Waals surface area contributed by atoms with Crippen LogP contribution in [0, 0.1) is 13.8 Å². The van der Waals surface area contributed by atoms with Gasteiger partial charge in [-0.25, -0.2) is 0 Å². The minimum Gasteiger partial charge on any atom is -0.383 e. The first-order valence-electron chi connectivity index (χ1n) is 5.96. The van der Waals surface area contributed by atoms with Gasteiger partial charge in [-0.1, -0.05) is 6.07 Å². The maximum absolute atomic E-state index is 5.69. The fourth-order valence-electron chi connectivity index (χ4n) is 2.29. The predicted octanol–water partition coefficient (Wildman–Crippen LogP) is 2.36. The summed E-state index contributed by atoms with van der Waals surface area (Å²) in [6.45, 7) is 6.56. The average molecular weight is 232 g/mol. The summed E-state index contributed by atoms with van der Waals surface area (Å²) < 4.78 is 7.48.